The Balaban J connectivity index is 0.00000200. The van der Waals surface area contributed by atoms with Crippen LogP contribution in [0.2, 0.25) is 0 Å². The molecule has 1 heterocycles. The first-order valence-electron chi connectivity index (χ1n) is 6.04. The predicted molar refractivity (Wildman–Crippen MR) is 82.2 cm³/mol. The second kappa shape index (κ2) is 7.92. The van der Waals surface area contributed by atoms with Gasteiger partial charge in [-0.2, -0.15) is 0 Å². The van der Waals surface area contributed by atoms with E-state index in [4.69, 9.17) is 11.6 Å². The summed E-state index contributed by atoms with van der Waals surface area (Å²) in [5.74, 6) is 0.747. The quantitative estimate of drug-likeness (QED) is 0.796. The van der Waals surface area contributed by atoms with Crippen molar-refractivity contribution in [2.75, 3.05) is 12.9 Å². The van der Waals surface area contributed by atoms with E-state index in [-0.39, 0.29) is 24.2 Å². The van der Waals surface area contributed by atoms with Gasteiger partial charge in [-0.15, -0.1) is 24.0 Å². The number of nitrogens with zero attached hydrogens (tertiary/aromatic N) is 3. The number of carbonyl (C=O) groups is 1. The van der Waals surface area contributed by atoms with Gasteiger partial charge in [-0.05, 0) is 5.56 Å². The lowest BCUT2D eigenvalue weighted by atomic mass is 10.2. The van der Waals surface area contributed by atoms with Crippen LogP contribution in [0.3, 0.4) is 0 Å². The van der Waals surface area contributed by atoms with Crippen LogP contribution in [-0.2, 0) is 17.9 Å². The van der Waals surface area contributed by atoms with Crippen molar-refractivity contribution in [3.05, 3.63) is 54.1 Å². The minimum atomic E-state index is -0.101. The van der Waals surface area contributed by atoms with Crippen LogP contribution in [0.25, 0.3) is 0 Å². The van der Waals surface area contributed by atoms with Crippen molar-refractivity contribution in [2.24, 2.45) is 0 Å². The van der Waals surface area contributed by atoms with E-state index in [0.717, 1.165) is 12.4 Å². The summed E-state index contributed by atoms with van der Waals surface area (Å²) >= 11 is 5.54. The molecule has 0 saturated carbocycles. The number of alkyl halides is 1. The van der Waals surface area contributed by atoms with Crippen LogP contribution in [0.4, 0.5) is 0 Å². The lowest BCUT2D eigenvalue weighted by Gasteiger charge is -2.16. The summed E-state index contributed by atoms with van der Waals surface area (Å²) in [6.07, 6.45) is 3.67. The Morgan fingerprint density at radius 1 is 1.35 bits per heavy atom. The van der Waals surface area contributed by atoms with Gasteiger partial charge in [0.15, 0.2) is 0 Å². The van der Waals surface area contributed by atoms with Crippen LogP contribution in [0.15, 0.2) is 42.7 Å². The second-order valence-electron chi connectivity index (χ2n) is 4.34. The Morgan fingerprint density at radius 2 is 2.05 bits per heavy atom. The SMILES string of the molecule is CN(Cc1nccn1Cc1ccccc1)C(=O)CCl.Cl. The van der Waals surface area contributed by atoms with E-state index >= 15 is 0 Å². The van der Waals surface area contributed by atoms with Crippen LogP contribution in [0, 0.1) is 0 Å². The zero-order valence-corrected chi connectivity index (χ0v) is 12.8. The van der Waals surface area contributed by atoms with Gasteiger partial charge in [-0.1, -0.05) is 30.3 Å². The number of rotatable bonds is 5. The van der Waals surface area contributed by atoms with Crippen molar-refractivity contribution in [3.8, 4) is 0 Å². The molecule has 0 bridgehead atoms. The fraction of sp³-hybridized carbons (Fsp3) is 0.286. The van der Waals surface area contributed by atoms with Gasteiger partial charge in [0.05, 0.1) is 6.54 Å². The van der Waals surface area contributed by atoms with Gasteiger partial charge >= 0.3 is 0 Å². The first-order chi connectivity index (χ1) is 9.20. The molecule has 2 aromatic rings. The first-order valence-corrected chi connectivity index (χ1v) is 6.58. The first kappa shape index (κ1) is 16.5. The normalized spacial score (nSPS) is 9.90. The molecule has 6 heteroatoms. The third-order valence-electron chi connectivity index (χ3n) is 2.92. The summed E-state index contributed by atoms with van der Waals surface area (Å²) in [5, 5.41) is 0. The van der Waals surface area contributed by atoms with Crippen LogP contribution >= 0.6 is 24.0 Å². The monoisotopic (exact) mass is 313 g/mol. The van der Waals surface area contributed by atoms with Crippen molar-refractivity contribution >= 4 is 29.9 Å². The third kappa shape index (κ3) is 4.25. The number of aromatic nitrogens is 2. The van der Waals surface area contributed by atoms with Gasteiger partial charge in [-0.3, -0.25) is 4.79 Å². The fourth-order valence-corrected chi connectivity index (χ4v) is 2.02. The molecule has 0 unspecified atom stereocenters. The highest BCUT2D eigenvalue weighted by atomic mass is 35.5. The van der Waals surface area contributed by atoms with E-state index in [2.05, 4.69) is 17.1 Å². The van der Waals surface area contributed by atoms with Gasteiger partial charge in [-0.25, -0.2) is 4.98 Å². The molecular formula is C14H17Cl2N3O. The van der Waals surface area contributed by atoms with E-state index < -0.39 is 0 Å². The van der Waals surface area contributed by atoms with E-state index in [9.17, 15) is 4.79 Å². The summed E-state index contributed by atoms with van der Waals surface area (Å²) in [6.45, 7) is 1.21. The Bertz CT molecular complexity index is 542. The summed E-state index contributed by atoms with van der Waals surface area (Å²) in [7, 11) is 1.73. The number of carbonyl (C=O) groups excluding carboxylic acids is 1. The van der Waals surface area contributed by atoms with Gasteiger partial charge in [0.25, 0.3) is 0 Å². The Hall–Kier alpha value is -1.52. The van der Waals surface area contributed by atoms with Crippen molar-refractivity contribution in [2.45, 2.75) is 13.1 Å². The van der Waals surface area contributed by atoms with Gasteiger partial charge < -0.3 is 9.47 Å². The maximum absolute atomic E-state index is 11.5. The molecule has 0 aliphatic rings. The molecule has 0 spiro atoms. The molecule has 1 aromatic heterocycles. The average Bonchev–Trinajstić information content (AvgIpc) is 2.86. The molecule has 0 radical (unpaired) electrons. The molecule has 0 saturated heterocycles. The zero-order chi connectivity index (χ0) is 13.7. The third-order valence-corrected chi connectivity index (χ3v) is 3.14. The van der Waals surface area contributed by atoms with Gasteiger partial charge in [0.2, 0.25) is 5.91 Å². The molecular weight excluding hydrogens is 297 g/mol. The lowest BCUT2D eigenvalue weighted by molar-refractivity contribution is -0.127. The Morgan fingerprint density at radius 3 is 2.70 bits per heavy atom. The molecule has 0 atom stereocenters. The predicted octanol–water partition coefficient (Wildman–Crippen LogP) is 2.55. The van der Waals surface area contributed by atoms with Crippen molar-refractivity contribution < 1.29 is 4.79 Å². The maximum atomic E-state index is 11.5. The van der Waals surface area contributed by atoms with E-state index in [1.54, 1.807) is 18.1 Å². The van der Waals surface area contributed by atoms with Crippen molar-refractivity contribution in [1.29, 1.82) is 0 Å². The minimum absolute atomic E-state index is 0. The molecule has 108 valence electrons. The summed E-state index contributed by atoms with van der Waals surface area (Å²) < 4.78 is 2.04. The number of imidazole rings is 1. The highest BCUT2D eigenvalue weighted by Crippen LogP contribution is 2.07. The smallest absolute Gasteiger partial charge is 0.237 e. The molecule has 20 heavy (non-hydrogen) atoms. The molecule has 1 amide bonds. The highest BCUT2D eigenvalue weighted by molar-refractivity contribution is 6.27. The number of benzene rings is 1. The number of amides is 1. The van der Waals surface area contributed by atoms with Crippen LogP contribution < -0.4 is 0 Å². The Kier molecular flexibility index (Phi) is 6.55. The summed E-state index contributed by atoms with van der Waals surface area (Å²) in [6, 6.07) is 10.1. The summed E-state index contributed by atoms with van der Waals surface area (Å²) in [5.41, 5.74) is 1.20. The largest absolute Gasteiger partial charge is 0.337 e. The fourth-order valence-electron chi connectivity index (χ4n) is 1.82. The number of hydrogen-bond acceptors (Lipinski definition) is 2. The van der Waals surface area contributed by atoms with E-state index in [1.807, 2.05) is 29.0 Å². The van der Waals surface area contributed by atoms with Crippen LogP contribution in [0.1, 0.15) is 11.4 Å². The molecule has 0 aliphatic carbocycles. The minimum Gasteiger partial charge on any atom is -0.337 e. The van der Waals surface area contributed by atoms with E-state index in [0.29, 0.717) is 6.54 Å². The Labute approximate surface area is 129 Å². The molecule has 4 nitrogen and oxygen atoms in total. The number of hydrogen-bond donors (Lipinski definition) is 0. The van der Waals surface area contributed by atoms with Gasteiger partial charge in [0, 0.05) is 26.0 Å². The molecule has 0 fully saturated rings. The van der Waals surface area contributed by atoms with Crippen molar-refractivity contribution in [1.82, 2.24) is 14.5 Å². The standard InChI is InChI=1S/C14H16ClN3O.ClH/c1-17(14(19)9-15)11-13-16-7-8-18(13)10-12-5-3-2-4-6-12;/h2-8H,9-11H2,1H3;1H. The molecule has 0 aliphatic heterocycles. The average molecular weight is 314 g/mol. The topological polar surface area (TPSA) is 38.1 Å². The lowest BCUT2D eigenvalue weighted by Crippen LogP contribution is -2.28. The highest BCUT2D eigenvalue weighted by Gasteiger charge is 2.11. The van der Waals surface area contributed by atoms with Gasteiger partial charge in [0.1, 0.15) is 11.7 Å². The number of halogens is 2. The maximum Gasteiger partial charge on any atom is 0.237 e. The van der Waals surface area contributed by atoms with Crippen LogP contribution in [0.5, 0.6) is 0 Å². The summed E-state index contributed by atoms with van der Waals surface area (Å²) in [4.78, 5) is 17.3. The molecule has 1 aromatic carbocycles. The molecule has 2 rings (SSSR count). The zero-order valence-electron chi connectivity index (χ0n) is 11.2. The molecule has 0 N–H and O–H groups in total. The van der Waals surface area contributed by atoms with E-state index in [1.165, 1.54) is 5.56 Å². The van der Waals surface area contributed by atoms with Crippen molar-refractivity contribution in [3.63, 3.8) is 0 Å². The second-order valence-corrected chi connectivity index (χ2v) is 4.61. The van der Waals surface area contributed by atoms with Crippen LogP contribution in [-0.4, -0.2) is 33.3 Å².